The molecule has 0 spiro atoms. The lowest BCUT2D eigenvalue weighted by atomic mass is 10.00. The molecule has 0 aromatic carbocycles. The van der Waals surface area contributed by atoms with Crippen LogP contribution in [0.25, 0.3) is 0 Å². The van der Waals surface area contributed by atoms with Crippen molar-refractivity contribution in [3.05, 3.63) is 23.9 Å². The standard InChI is InChI=1S/C9H12N2O/c1-6-5-10-7-3-4-8(12)11(2)9(6)7/h3-5,7,9-10H,1-2H3. The van der Waals surface area contributed by atoms with Crippen molar-refractivity contribution in [3.63, 3.8) is 0 Å². The average Bonchev–Trinajstić information content (AvgIpc) is 2.41. The van der Waals surface area contributed by atoms with Crippen LogP contribution in [0.15, 0.2) is 23.9 Å². The molecule has 3 heteroatoms. The summed E-state index contributed by atoms with van der Waals surface area (Å²) in [5.74, 6) is 0.0905. The zero-order valence-electron chi connectivity index (χ0n) is 7.24. The SMILES string of the molecule is CC1=CNC2C=CC(=O)N(C)C12. The van der Waals surface area contributed by atoms with Gasteiger partial charge in [-0.15, -0.1) is 0 Å². The maximum Gasteiger partial charge on any atom is 0.246 e. The van der Waals surface area contributed by atoms with Gasteiger partial charge in [0.1, 0.15) is 0 Å². The van der Waals surface area contributed by atoms with Gasteiger partial charge in [-0.25, -0.2) is 0 Å². The molecule has 0 fully saturated rings. The molecule has 1 N–H and O–H groups in total. The number of amides is 1. The first-order valence-electron chi connectivity index (χ1n) is 4.08. The maximum absolute atomic E-state index is 11.3. The van der Waals surface area contributed by atoms with Gasteiger partial charge in [-0.1, -0.05) is 6.08 Å². The second-order valence-electron chi connectivity index (χ2n) is 3.33. The summed E-state index contributed by atoms with van der Waals surface area (Å²) < 4.78 is 0. The third kappa shape index (κ3) is 0.858. The molecule has 1 amide bonds. The number of hydrogen-bond donors (Lipinski definition) is 1. The summed E-state index contributed by atoms with van der Waals surface area (Å²) in [6.45, 7) is 2.04. The molecule has 0 saturated carbocycles. The molecule has 0 radical (unpaired) electrons. The van der Waals surface area contributed by atoms with Crippen LogP contribution in [0.5, 0.6) is 0 Å². The third-order valence-electron chi connectivity index (χ3n) is 2.52. The van der Waals surface area contributed by atoms with Gasteiger partial charge in [0.15, 0.2) is 0 Å². The number of likely N-dealkylation sites (N-methyl/N-ethyl adjacent to an activating group) is 1. The van der Waals surface area contributed by atoms with Crippen LogP contribution in [0.1, 0.15) is 6.92 Å². The zero-order valence-corrected chi connectivity index (χ0v) is 7.24. The van der Waals surface area contributed by atoms with Crippen molar-refractivity contribution < 1.29 is 4.79 Å². The van der Waals surface area contributed by atoms with E-state index in [9.17, 15) is 4.79 Å². The monoisotopic (exact) mass is 164 g/mol. The van der Waals surface area contributed by atoms with Crippen molar-refractivity contribution in [3.8, 4) is 0 Å². The first-order valence-corrected chi connectivity index (χ1v) is 4.08. The lowest BCUT2D eigenvalue weighted by Gasteiger charge is -2.31. The molecule has 0 aromatic rings. The Morgan fingerprint density at radius 1 is 1.58 bits per heavy atom. The van der Waals surface area contributed by atoms with Crippen LogP contribution in [0, 0.1) is 0 Å². The molecule has 12 heavy (non-hydrogen) atoms. The van der Waals surface area contributed by atoms with E-state index in [1.807, 2.05) is 26.2 Å². The number of carbonyl (C=O) groups excluding carboxylic acids is 1. The van der Waals surface area contributed by atoms with Crippen molar-refractivity contribution >= 4 is 5.91 Å². The van der Waals surface area contributed by atoms with Gasteiger partial charge in [0, 0.05) is 13.1 Å². The highest BCUT2D eigenvalue weighted by Gasteiger charge is 2.33. The smallest absolute Gasteiger partial charge is 0.246 e. The molecule has 0 aromatic heterocycles. The van der Waals surface area contributed by atoms with Gasteiger partial charge in [-0.05, 0) is 18.7 Å². The highest BCUT2D eigenvalue weighted by Crippen LogP contribution is 2.22. The molecule has 0 bridgehead atoms. The molecule has 0 aliphatic carbocycles. The van der Waals surface area contributed by atoms with Crippen molar-refractivity contribution in [1.29, 1.82) is 0 Å². The van der Waals surface area contributed by atoms with Crippen molar-refractivity contribution in [2.75, 3.05) is 7.05 Å². The second kappa shape index (κ2) is 2.37. The highest BCUT2D eigenvalue weighted by atomic mass is 16.2. The number of rotatable bonds is 0. The molecule has 64 valence electrons. The first-order chi connectivity index (χ1) is 5.70. The number of fused-ring (bicyclic) bond motifs is 1. The highest BCUT2D eigenvalue weighted by molar-refractivity contribution is 5.89. The van der Waals surface area contributed by atoms with Gasteiger partial charge in [-0.2, -0.15) is 0 Å². The summed E-state index contributed by atoms with van der Waals surface area (Å²) in [4.78, 5) is 13.0. The van der Waals surface area contributed by atoms with Gasteiger partial charge in [0.25, 0.3) is 0 Å². The molecule has 2 aliphatic rings. The molecule has 0 saturated heterocycles. The van der Waals surface area contributed by atoms with E-state index in [0.29, 0.717) is 0 Å². The van der Waals surface area contributed by atoms with Gasteiger partial charge >= 0.3 is 0 Å². The van der Waals surface area contributed by atoms with E-state index in [1.165, 1.54) is 5.57 Å². The summed E-state index contributed by atoms with van der Waals surface area (Å²) in [5.41, 5.74) is 1.22. The summed E-state index contributed by atoms with van der Waals surface area (Å²) >= 11 is 0. The minimum Gasteiger partial charge on any atom is -0.382 e. The van der Waals surface area contributed by atoms with E-state index in [1.54, 1.807) is 11.0 Å². The Labute approximate surface area is 71.7 Å². The van der Waals surface area contributed by atoms with Gasteiger partial charge < -0.3 is 10.2 Å². The maximum atomic E-state index is 11.3. The normalized spacial score (nSPS) is 33.0. The van der Waals surface area contributed by atoms with Crippen LogP contribution in [-0.4, -0.2) is 29.9 Å². The second-order valence-corrected chi connectivity index (χ2v) is 3.33. The molecule has 2 rings (SSSR count). The lowest BCUT2D eigenvalue weighted by molar-refractivity contribution is -0.126. The summed E-state index contributed by atoms with van der Waals surface area (Å²) in [7, 11) is 1.84. The van der Waals surface area contributed by atoms with Crippen molar-refractivity contribution in [2.45, 2.75) is 19.0 Å². The molecule has 2 aliphatic heterocycles. The zero-order chi connectivity index (χ0) is 8.72. The van der Waals surface area contributed by atoms with Crippen LogP contribution in [0.2, 0.25) is 0 Å². The lowest BCUT2D eigenvalue weighted by Crippen LogP contribution is -2.47. The molecule has 2 unspecified atom stereocenters. The topological polar surface area (TPSA) is 32.3 Å². The number of nitrogens with one attached hydrogen (secondary N) is 1. The van der Waals surface area contributed by atoms with Crippen LogP contribution in [0.3, 0.4) is 0 Å². The fourth-order valence-corrected chi connectivity index (χ4v) is 1.84. The van der Waals surface area contributed by atoms with Crippen molar-refractivity contribution in [1.82, 2.24) is 10.2 Å². The Hall–Kier alpha value is -1.25. The Morgan fingerprint density at radius 2 is 2.33 bits per heavy atom. The molecule has 3 nitrogen and oxygen atoms in total. The number of carbonyl (C=O) groups is 1. The molecular formula is C9H12N2O. The summed E-state index contributed by atoms with van der Waals surface area (Å²) in [5, 5.41) is 3.22. The van der Waals surface area contributed by atoms with E-state index in [4.69, 9.17) is 0 Å². The van der Waals surface area contributed by atoms with Crippen molar-refractivity contribution in [2.24, 2.45) is 0 Å². The molecular weight excluding hydrogens is 152 g/mol. The number of hydrogen-bond acceptors (Lipinski definition) is 2. The first kappa shape index (κ1) is 7.40. The molecule has 2 heterocycles. The largest absolute Gasteiger partial charge is 0.382 e. The summed E-state index contributed by atoms with van der Waals surface area (Å²) in [6.07, 6.45) is 5.54. The van der Waals surface area contributed by atoms with E-state index in [2.05, 4.69) is 5.32 Å². The van der Waals surface area contributed by atoms with Crippen LogP contribution < -0.4 is 5.32 Å². The fourth-order valence-electron chi connectivity index (χ4n) is 1.84. The Bertz CT molecular complexity index is 280. The molecule has 2 atom stereocenters. The van der Waals surface area contributed by atoms with E-state index in [0.717, 1.165) is 0 Å². The minimum absolute atomic E-state index is 0.0905. The van der Waals surface area contributed by atoms with Crippen LogP contribution in [0.4, 0.5) is 0 Å². The Morgan fingerprint density at radius 3 is 3.08 bits per heavy atom. The van der Waals surface area contributed by atoms with E-state index < -0.39 is 0 Å². The van der Waals surface area contributed by atoms with Crippen LogP contribution in [-0.2, 0) is 4.79 Å². The van der Waals surface area contributed by atoms with E-state index >= 15 is 0 Å². The van der Waals surface area contributed by atoms with Crippen LogP contribution >= 0.6 is 0 Å². The predicted octanol–water partition coefficient (Wildman–Crippen LogP) is 0.259. The Balaban J connectivity index is 2.33. The Kier molecular flexibility index (Phi) is 1.46. The van der Waals surface area contributed by atoms with Gasteiger partial charge in [0.2, 0.25) is 5.91 Å². The summed E-state index contributed by atoms with van der Waals surface area (Å²) in [6, 6.07) is 0.509. The minimum atomic E-state index is 0.0905. The van der Waals surface area contributed by atoms with E-state index in [-0.39, 0.29) is 18.0 Å². The van der Waals surface area contributed by atoms with Gasteiger partial charge in [0.05, 0.1) is 12.1 Å². The fraction of sp³-hybridized carbons (Fsp3) is 0.444. The number of nitrogens with zero attached hydrogens (tertiary/aromatic N) is 1. The quantitative estimate of drug-likeness (QED) is 0.557. The predicted molar refractivity (Wildman–Crippen MR) is 46.4 cm³/mol. The third-order valence-corrected chi connectivity index (χ3v) is 2.52. The average molecular weight is 164 g/mol. The van der Waals surface area contributed by atoms with Gasteiger partial charge in [-0.3, -0.25) is 4.79 Å².